The summed E-state index contributed by atoms with van der Waals surface area (Å²) in [5.74, 6) is 0.180. The molecule has 16 heteroatoms. The van der Waals surface area contributed by atoms with E-state index in [0.29, 0.717) is 22.2 Å². The summed E-state index contributed by atoms with van der Waals surface area (Å²) in [6, 6.07) is 7.86. The van der Waals surface area contributed by atoms with Crippen LogP contribution in [-0.4, -0.2) is 52.0 Å². The number of aliphatic imine (C=N–C) groups is 1. The van der Waals surface area contributed by atoms with Crippen LogP contribution in [0.4, 0.5) is 5.95 Å². The monoisotopic (exact) mass is 527 g/mol. The topological polar surface area (TPSA) is 213 Å². The molecule has 0 spiro atoms. The van der Waals surface area contributed by atoms with Crippen LogP contribution in [0.1, 0.15) is 5.56 Å². The summed E-state index contributed by atoms with van der Waals surface area (Å²) in [7, 11) is -7.13. The van der Waals surface area contributed by atoms with Gasteiger partial charge in [-0.25, -0.2) is 36.7 Å². The van der Waals surface area contributed by atoms with E-state index >= 15 is 0 Å². The Kier molecular flexibility index (Phi) is 7.07. The van der Waals surface area contributed by atoms with Gasteiger partial charge < -0.3 is 16.0 Å². The van der Waals surface area contributed by atoms with Crippen molar-refractivity contribution in [3.8, 4) is 11.1 Å². The van der Waals surface area contributed by atoms with E-state index in [1.165, 1.54) is 6.07 Å². The lowest BCUT2D eigenvalue weighted by Gasteiger charge is -2.17. The van der Waals surface area contributed by atoms with Crippen molar-refractivity contribution in [2.75, 3.05) is 25.5 Å². The second-order valence-electron chi connectivity index (χ2n) is 7.11. The number of benzene rings is 2. The molecule has 34 heavy (non-hydrogen) atoms. The molecule has 13 nitrogen and oxygen atoms in total. The molecular weight excluding hydrogens is 506 g/mol. The number of aryl methyl sites for hydroxylation is 1. The SMILES string of the molecule is Cl.Cn1c(N)nc2c(-c3ccc(S(=O)(=O)NCCN)c(S(N)(=O)=O)c3C3=NCN=N3)cccc21. The number of para-hydroxylation sites is 1. The number of sulfonamides is 2. The first-order valence-corrected chi connectivity index (χ1v) is 12.6. The molecule has 0 aliphatic carbocycles. The minimum atomic E-state index is -4.58. The quantitative estimate of drug-likeness (QED) is 0.336. The Hall–Kier alpha value is -2.95. The first-order chi connectivity index (χ1) is 15.6. The van der Waals surface area contributed by atoms with Gasteiger partial charge in [0.05, 0.1) is 16.6 Å². The fraction of sp³-hybridized carbons (Fsp3) is 0.222. The fourth-order valence-corrected chi connectivity index (χ4v) is 6.23. The highest BCUT2D eigenvalue weighted by molar-refractivity contribution is 7.92. The van der Waals surface area contributed by atoms with Gasteiger partial charge in [-0.15, -0.1) is 17.5 Å². The van der Waals surface area contributed by atoms with Crippen LogP contribution in [0.25, 0.3) is 22.2 Å². The Labute approximate surface area is 201 Å². The molecule has 2 aromatic carbocycles. The first-order valence-electron chi connectivity index (χ1n) is 9.59. The molecule has 3 aromatic rings. The molecule has 7 N–H and O–H groups in total. The van der Waals surface area contributed by atoms with Gasteiger partial charge in [0.25, 0.3) is 0 Å². The van der Waals surface area contributed by atoms with E-state index < -0.39 is 29.8 Å². The smallest absolute Gasteiger partial charge is 0.241 e. The normalized spacial score (nSPS) is 13.8. The van der Waals surface area contributed by atoms with Crippen LogP contribution in [0.5, 0.6) is 0 Å². The molecule has 1 aliphatic rings. The standard InChI is InChI=1S/C18H21N9O4S2.ClH/c1-27-12-4-2-3-11(15(12)25-18(27)20)10-5-6-13(33(30,31)24-8-7-19)16(32(21,28)29)14(10)17-22-9-23-26-17;/h2-6,24H,7-9,19H2,1H3,(H2,20,25)(H2,21,28,29);1H. The fourth-order valence-electron chi connectivity index (χ4n) is 3.58. The molecule has 0 atom stereocenters. The van der Waals surface area contributed by atoms with Gasteiger partial charge in [0.1, 0.15) is 9.79 Å². The van der Waals surface area contributed by atoms with Crippen LogP contribution in [0.2, 0.25) is 0 Å². The average Bonchev–Trinajstić information content (AvgIpc) is 3.39. The van der Waals surface area contributed by atoms with Gasteiger partial charge in [-0.2, -0.15) is 5.11 Å². The zero-order valence-corrected chi connectivity index (χ0v) is 20.3. The van der Waals surface area contributed by atoms with Gasteiger partial charge in [-0.1, -0.05) is 18.2 Å². The Morgan fingerprint density at radius 1 is 1.12 bits per heavy atom. The molecule has 0 saturated carbocycles. The van der Waals surface area contributed by atoms with E-state index in [1.807, 2.05) is 0 Å². The Morgan fingerprint density at radius 2 is 1.85 bits per heavy atom. The summed E-state index contributed by atoms with van der Waals surface area (Å²) in [4.78, 5) is 7.32. The number of fused-ring (bicyclic) bond motifs is 1. The van der Waals surface area contributed by atoms with Crippen LogP contribution < -0.4 is 21.3 Å². The van der Waals surface area contributed by atoms with Gasteiger partial charge in [0.2, 0.25) is 26.0 Å². The highest BCUT2D eigenvalue weighted by atomic mass is 35.5. The summed E-state index contributed by atoms with van der Waals surface area (Å²) in [6.45, 7) is -0.127. The molecular formula is C18H22ClN9O4S2. The van der Waals surface area contributed by atoms with Gasteiger partial charge >= 0.3 is 0 Å². The number of nitrogen functional groups attached to an aromatic ring is 1. The number of hydrogen-bond donors (Lipinski definition) is 4. The second kappa shape index (κ2) is 9.36. The van der Waals surface area contributed by atoms with E-state index in [9.17, 15) is 16.8 Å². The zero-order chi connectivity index (χ0) is 24.0. The minimum Gasteiger partial charge on any atom is -0.369 e. The average molecular weight is 528 g/mol. The summed E-state index contributed by atoms with van der Waals surface area (Å²) in [5.41, 5.74) is 13.2. The number of nitrogens with one attached hydrogen (secondary N) is 1. The maximum atomic E-state index is 12.9. The Morgan fingerprint density at radius 3 is 2.47 bits per heavy atom. The van der Waals surface area contributed by atoms with Crippen LogP contribution in [0.15, 0.2) is 55.3 Å². The van der Waals surface area contributed by atoms with E-state index in [1.54, 1.807) is 29.8 Å². The van der Waals surface area contributed by atoms with E-state index in [4.69, 9.17) is 16.6 Å². The van der Waals surface area contributed by atoms with Crippen LogP contribution in [0.3, 0.4) is 0 Å². The van der Waals surface area contributed by atoms with E-state index in [0.717, 1.165) is 6.07 Å². The number of nitrogens with zero attached hydrogens (tertiary/aromatic N) is 5. The molecule has 0 saturated heterocycles. The number of halogens is 1. The number of rotatable bonds is 7. The lowest BCUT2D eigenvalue weighted by molar-refractivity contribution is 0.573. The van der Waals surface area contributed by atoms with Gasteiger partial charge in [0, 0.05) is 25.7 Å². The number of azo groups is 1. The molecule has 182 valence electrons. The summed E-state index contributed by atoms with van der Waals surface area (Å²) >= 11 is 0. The number of amidine groups is 1. The van der Waals surface area contributed by atoms with Crippen molar-refractivity contribution in [2.45, 2.75) is 9.79 Å². The highest BCUT2D eigenvalue weighted by Crippen LogP contribution is 2.37. The zero-order valence-electron chi connectivity index (χ0n) is 17.8. The lowest BCUT2D eigenvalue weighted by Crippen LogP contribution is -2.31. The third-order valence-electron chi connectivity index (χ3n) is 5.04. The van der Waals surface area contributed by atoms with Gasteiger partial charge in [-0.05, 0) is 17.7 Å². The molecule has 0 unspecified atom stereocenters. The van der Waals surface area contributed by atoms with E-state index in [-0.39, 0.29) is 49.5 Å². The van der Waals surface area contributed by atoms with Crippen LogP contribution in [-0.2, 0) is 27.1 Å². The third-order valence-corrected chi connectivity index (χ3v) is 7.67. The molecule has 0 fully saturated rings. The number of aromatic nitrogens is 2. The van der Waals surface area contributed by atoms with Crippen molar-refractivity contribution in [2.24, 2.45) is 33.1 Å². The molecule has 4 rings (SSSR count). The second-order valence-corrected chi connectivity index (χ2v) is 10.3. The summed E-state index contributed by atoms with van der Waals surface area (Å²) in [6.07, 6.45) is 0. The number of imidazole rings is 1. The Balaban J connectivity index is 0.00000324. The third kappa shape index (κ3) is 4.40. The summed E-state index contributed by atoms with van der Waals surface area (Å²) in [5, 5.41) is 13.2. The minimum absolute atomic E-state index is 0. The summed E-state index contributed by atoms with van der Waals surface area (Å²) < 4.78 is 55.3. The number of hydrogen-bond acceptors (Lipinski definition) is 10. The lowest BCUT2D eigenvalue weighted by atomic mass is 9.97. The Bertz CT molecular complexity index is 1550. The van der Waals surface area contributed by atoms with E-state index in [2.05, 4.69) is 24.9 Å². The van der Waals surface area contributed by atoms with Crippen molar-refractivity contribution in [1.29, 1.82) is 0 Å². The van der Waals surface area contributed by atoms with Crippen LogP contribution in [0, 0.1) is 0 Å². The number of nitrogens with two attached hydrogens (primary N) is 3. The predicted molar refractivity (Wildman–Crippen MR) is 130 cm³/mol. The van der Waals surface area contributed by atoms with Crippen molar-refractivity contribution in [3.63, 3.8) is 0 Å². The molecule has 0 amide bonds. The maximum absolute atomic E-state index is 12.9. The molecule has 1 aliphatic heterocycles. The van der Waals surface area contributed by atoms with Gasteiger partial charge in [0.15, 0.2) is 12.5 Å². The van der Waals surface area contributed by atoms with Gasteiger partial charge in [-0.3, -0.25) is 0 Å². The predicted octanol–water partition coefficient (Wildman–Crippen LogP) is 0.299. The molecule has 1 aromatic heterocycles. The molecule has 0 radical (unpaired) electrons. The largest absolute Gasteiger partial charge is 0.369 e. The van der Waals surface area contributed by atoms with Crippen molar-refractivity contribution >= 4 is 55.3 Å². The maximum Gasteiger partial charge on any atom is 0.241 e. The first kappa shape index (κ1) is 25.7. The number of anilines is 1. The molecule has 0 bridgehead atoms. The highest BCUT2D eigenvalue weighted by Gasteiger charge is 2.33. The van der Waals surface area contributed by atoms with Crippen molar-refractivity contribution in [3.05, 3.63) is 35.9 Å². The number of primary sulfonamides is 1. The van der Waals surface area contributed by atoms with Crippen molar-refractivity contribution < 1.29 is 16.8 Å². The van der Waals surface area contributed by atoms with Crippen molar-refractivity contribution in [1.82, 2.24) is 14.3 Å². The van der Waals surface area contributed by atoms with Crippen LogP contribution >= 0.6 is 12.4 Å². The molecule has 2 heterocycles.